The fraction of sp³-hybridized carbons (Fsp3) is 0.423. The fourth-order valence-corrected chi connectivity index (χ4v) is 4.61. The van der Waals surface area contributed by atoms with Crippen molar-refractivity contribution in [3.63, 3.8) is 0 Å². The van der Waals surface area contributed by atoms with E-state index in [1.54, 1.807) is 26.4 Å². The molecule has 2 aliphatic rings. The molecule has 2 aromatic heterocycles. The predicted octanol–water partition coefficient (Wildman–Crippen LogP) is 1.60. The fourth-order valence-electron chi connectivity index (χ4n) is 4.61. The highest BCUT2D eigenvalue weighted by Crippen LogP contribution is 2.29. The van der Waals surface area contributed by atoms with Crippen molar-refractivity contribution in [2.24, 2.45) is 0 Å². The molecule has 37 heavy (non-hydrogen) atoms. The van der Waals surface area contributed by atoms with E-state index in [0.29, 0.717) is 72.2 Å². The minimum Gasteiger partial charge on any atom is -0.497 e. The Labute approximate surface area is 214 Å². The highest BCUT2D eigenvalue weighted by atomic mass is 19.1. The van der Waals surface area contributed by atoms with E-state index in [2.05, 4.69) is 21.8 Å². The van der Waals surface area contributed by atoms with E-state index >= 15 is 0 Å². The second-order valence-electron chi connectivity index (χ2n) is 9.20. The normalized spacial score (nSPS) is 19.6. The maximum absolute atomic E-state index is 13.3. The summed E-state index contributed by atoms with van der Waals surface area (Å²) in [4.78, 5) is 12.5. The molecule has 0 bridgehead atoms. The number of aliphatic hydroxyl groups excluding tert-OH is 1. The number of alkyl halides is 1. The number of halogens is 1. The maximum Gasteiger partial charge on any atom is 0.165 e. The molecule has 5 rings (SSSR count). The maximum atomic E-state index is 13.3. The van der Waals surface area contributed by atoms with Gasteiger partial charge in [0.2, 0.25) is 0 Å². The van der Waals surface area contributed by atoms with Crippen LogP contribution in [0.1, 0.15) is 23.7 Å². The van der Waals surface area contributed by atoms with Crippen molar-refractivity contribution in [3.05, 3.63) is 47.9 Å². The van der Waals surface area contributed by atoms with Crippen molar-refractivity contribution in [2.75, 3.05) is 52.7 Å². The number of anilines is 1. The molecule has 2 fully saturated rings. The van der Waals surface area contributed by atoms with Crippen LogP contribution in [0.5, 0.6) is 11.5 Å². The lowest BCUT2D eigenvalue weighted by atomic mass is 10.1. The summed E-state index contributed by atoms with van der Waals surface area (Å²) in [6, 6.07) is 5.40. The third-order valence-corrected chi connectivity index (χ3v) is 6.69. The summed E-state index contributed by atoms with van der Waals surface area (Å²) in [5.41, 5.74) is 7.96. The summed E-state index contributed by atoms with van der Waals surface area (Å²) < 4.78 is 25.8. The second-order valence-corrected chi connectivity index (χ2v) is 9.20. The Morgan fingerprint density at radius 1 is 1.16 bits per heavy atom. The molecule has 194 valence electrons. The Balaban J connectivity index is 1.31. The topological polar surface area (TPSA) is 115 Å². The number of rotatable bonds is 7. The molecule has 3 aromatic rings. The van der Waals surface area contributed by atoms with E-state index in [1.807, 2.05) is 32.7 Å². The van der Waals surface area contributed by atoms with Crippen molar-refractivity contribution < 1.29 is 19.0 Å². The molecular formula is C26H30FN7O3. The van der Waals surface area contributed by atoms with Crippen LogP contribution in [0.25, 0.3) is 11.0 Å². The first-order chi connectivity index (χ1) is 17.9. The molecule has 2 atom stereocenters. The molecule has 3 N–H and O–H groups in total. The van der Waals surface area contributed by atoms with Gasteiger partial charge in [-0.2, -0.15) is 5.10 Å². The number of fused-ring (bicyclic) bond motifs is 1. The van der Waals surface area contributed by atoms with Gasteiger partial charge >= 0.3 is 0 Å². The van der Waals surface area contributed by atoms with Crippen LogP contribution in [0.15, 0.2) is 36.7 Å². The Kier molecular flexibility index (Phi) is 7.23. The minimum atomic E-state index is -0.746. The van der Waals surface area contributed by atoms with Crippen molar-refractivity contribution >= 4 is 16.9 Å². The summed E-state index contributed by atoms with van der Waals surface area (Å²) in [5, 5.41) is 15.9. The first kappa shape index (κ1) is 25.0. The van der Waals surface area contributed by atoms with Crippen LogP contribution in [-0.2, 0) is 0 Å². The standard InChI is InChI=1S/C26H30FN7O3/c1-36-20-10-17(11-21(12-20)37-2)5-6-22-24-25(28)29-16-30-26(24)34(31-22)19-14-33(15-19)23(35)4-3-8-32-9-7-18(27)13-32/h3-4,10-12,16,18-19,23,35H,7-9,13-15H2,1-2H3,(H2,28,29,30)/b4-3+/t18-,23?/m0/s1. The smallest absolute Gasteiger partial charge is 0.165 e. The number of hydrogen-bond donors (Lipinski definition) is 2. The van der Waals surface area contributed by atoms with Crippen LogP contribution in [0, 0.1) is 11.8 Å². The van der Waals surface area contributed by atoms with Crippen molar-refractivity contribution in [1.82, 2.24) is 29.5 Å². The number of nitrogens with zero attached hydrogens (tertiary/aromatic N) is 6. The molecule has 11 heteroatoms. The Hall–Kier alpha value is -3.72. The van der Waals surface area contributed by atoms with E-state index in [-0.39, 0.29) is 6.04 Å². The molecular weight excluding hydrogens is 477 g/mol. The van der Waals surface area contributed by atoms with Crippen LogP contribution in [-0.4, -0.2) is 94.0 Å². The molecule has 10 nitrogen and oxygen atoms in total. The molecule has 0 radical (unpaired) electrons. The zero-order chi connectivity index (χ0) is 25.9. The molecule has 0 spiro atoms. The first-order valence-electron chi connectivity index (χ1n) is 12.1. The Morgan fingerprint density at radius 3 is 2.59 bits per heavy atom. The van der Waals surface area contributed by atoms with Crippen LogP contribution >= 0.6 is 0 Å². The molecule has 0 amide bonds. The SMILES string of the molecule is COc1cc(C#Cc2nn(C3CN(C(O)/C=C/CN4CC[C@H](F)C4)C3)c3ncnc(N)c23)cc(OC)c1. The number of hydrogen-bond acceptors (Lipinski definition) is 9. The van der Waals surface area contributed by atoms with E-state index < -0.39 is 12.4 Å². The quantitative estimate of drug-likeness (QED) is 0.364. The molecule has 2 saturated heterocycles. The summed E-state index contributed by atoms with van der Waals surface area (Å²) in [6.45, 7) is 3.02. The van der Waals surface area contributed by atoms with Crippen LogP contribution in [0.4, 0.5) is 10.2 Å². The van der Waals surface area contributed by atoms with Gasteiger partial charge in [-0.3, -0.25) is 9.80 Å². The van der Waals surface area contributed by atoms with E-state index in [9.17, 15) is 9.50 Å². The van der Waals surface area contributed by atoms with Gasteiger partial charge in [-0.25, -0.2) is 19.0 Å². The summed E-state index contributed by atoms with van der Waals surface area (Å²) in [6.07, 6.45) is 4.18. The second kappa shape index (κ2) is 10.7. The Bertz CT molecular complexity index is 1340. The zero-order valence-corrected chi connectivity index (χ0v) is 20.8. The highest BCUT2D eigenvalue weighted by Gasteiger charge is 2.34. The largest absolute Gasteiger partial charge is 0.497 e. The summed E-state index contributed by atoms with van der Waals surface area (Å²) in [7, 11) is 3.17. The number of likely N-dealkylation sites (tertiary alicyclic amines) is 2. The molecule has 0 aliphatic carbocycles. The third-order valence-electron chi connectivity index (χ3n) is 6.69. The van der Waals surface area contributed by atoms with Crippen LogP contribution < -0.4 is 15.2 Å². The van der Waals surface area contributed by atoms with E-state index in [4.69, 9.17) is 20.3 Å². The van der Waals surface area contributed by atoms with Gasteiger partial charge in [0.05, 0.1) is 25.6 Å². The molecule has 2 aliphatic heterocycles. The number of benzene rings is 1. The van der Waals surface area contributed by atoms with Gasteiger partial charge in [0.25, 0.3) is 0 Å². The Morgan fingerprint density at radius 2 is 1.92 bits per heavy atom. The molecule has 1 unspecified atom stereocenters. The molecule has 1 aromatic carbocycles. The van der Waals surface area contributed by atoms with Crippen molar-refractivity contribution in [3.8, 4) is 23.3 Å². The van der Waals surface area contributed by atoms with Gasteiger partial charge < -0.3 is 20.3 Å². The van der Waals surface area contributed by atoms with E-state index in [0.717, 1.165) is 6.54 Å². The van der Waals surface area contributed by atoms with Crippen molar-refractivity contribution in [2.45, 2.75) is 24.9 Å². The number of methoxy groups -OCH3 is 2. The monoisotopic (exact) mass is 507 g/mol. The van der Waals surface area contributed by atoms with E-state index in [1.165, 1.54) is 6.33 Å². The number of nitrogens with two attached hydrogens (primary N) is 1. The number of aliphatic hydroxyl groups is 1. The average molecular weight is 508 g/mol. The lowest BCUT2D eigenvalue weighted by Crippen LogP contribution is -2.52. The molecule has 0 saturated carbocycles. The third kappa shape index (κ3) is 5.36. The minimum absolute atomic E-state index is 0.00167. The number of aromatic nitrogens is 4. The van der Waals surface area contributed by atoms with Gasteiger partial charge in [0.15, 0.2) is 5.65 Å². The number of ether oxygens (including phenoxy) is 2. The van der Waals surface area contributed by atoms with Gasteiger partial charge in [0.1, 0.15) is 41.7 Å². The van der Waals surface area contributed by atoms with Gasteiger partial charge in [-0.15, -0.1) is 0 Å². The summed E-state index contributed by atoms with van der Waals surface area (Å²) in [5.74, 6) is 7.79. The predicted molar refractivity (Wildman–Crippen MR) is 137 cm³/mol. The first-order valence-corrected chi connectivity index (χ1v) is 12.1. The van der Waals surface area contributed by atoms with Crippen LogP contribution in [0.2, 0.25) is 0 Å². The lowest BCUT2D eigenvalue weighted by molar-refractivity contribution is -0.0330. The number of nitrogen functional groups attached to an aromatic ring is 1. The zero-order valence-electron chi connectivity index (χ0n) is 20.8. The van der Waals surface area contributed by atoms with Gasteiger partial charge in [-0.1, -0.05) is 12.0 Å². The summed E-state index contributed by atoms with van der Waals surface area (Å²) >= 11 is 0. The molecule has 4 heterocycles. The van der Waals surface area contributed by atoms with Crippen molar-refractivity contribution in [1.29, 1.82) is 0 Å². The van der Waals surface area contributed by atoms with Gasteiger partial charge in [-0.05, 0) is 30.6 Å². The highest BCUT2D eigenvalue weighted by molar-refractivity contribution is 5.90. The lowest BCUT2D eigenvalue weighted by Gasteiger charge is -2.41. The van der Waals surface area contributed by atoms with Crippen LogP contribution in [0.3, 0.4) is 0 Å². The van der Waals surface area contributed by atoms with Gasteiger partial charge in [0, 0.05) is 44.4 Å². The average Bonchev–Trinajstić information content (AvgIpc) is 3.45.